The van der Waals surface area contributed by atoms with Crippen molar-refractivity contribution in [3.8, 4) is 17.4 Å². The van der Waals surface area contributed by atoms with Crippen LogP contribution in [0.3, 0.4) is 0 Å². The minimum absolute atomic E-state index is 0.0507. The van der Waals surface area contributed by atoms with E-state index in [1.165, 1.54) is 18.2 Å². The highest BCUT2D eigenvalue weighted by molar-refractivity contribution is 9.10. The van der Waals surface area contributed by atoms with Gasteiger partial charge in [0.25, 0.3) is 11.6 Å². The number of non-ortho nitro benzene ring substituents is 1. The fourth-order valence-electron chi connectivity index (χ4n) is 2.62. The molecule has 0 fully saturated rings. The van der Waals surface area contributed by atoms with Gasteiger partial charge in [0.2, 0.25) is 0 Å². The number of hydrogen-bond acceptors (Lipinski definition) is 5. The Labute approximate surface area is 174 Å². The highest BCUT2D eigenvalue weighted by Gasteiger charge is 2.15. The SMILES string of the molecule is Cc1ccc([N+](=O)[O-])cc1-c1ccc(/C=C(\C#N)C(=O)Nc2cccc(Br)c2)o1. The van der Waals surface area contributed by atoms with Gasteiger partial charge < -0.3 is 9.73 Å². The molecule has 0 unspecified atom stereocenters. The second kappa shape index (κ2) is 8.54. The number of furan rings is 1. The number of nitriles is 1. The molecule has 0 aliphatic carbocycles. The predicted octanol–water partition coefficient (Wildman–Crippen LogP) is 5.47. The Bertz CT molecular complexity index is 1170. The number of benzene rings is 2. The first-order chi connectivity index (χ1) is 13.9. The van der Waals surface area contributed by atoms with E-state index in [4.69, 9.17) is 4.42 Å². The van der Waals surface area contributed by atoms with Gasteiger partial charge in [0, 0.05) is 33.9 Å². The van der Waals surface area contributed by atoms with Crippen LogP contribution in [0.15, 0.2) is 69.1 Å². The number of nitrogens with one attached hydrogen (secondary N) is 1. The number of carbonyl (C=O) groups excluding carboxylic acids is 1. The van der Waals surface area contributed by atoms with Gasteiger partial charge in [-0.25, -0.2) is 0 Å². The van der Waals surface area contributed by atoms with Crippen LogP contribution < -0.4 is 5.32 Å². The number of rotatable bonds is 5. The third-order valence-electron chi connectivity index (χ3n) is 4.06. The maximum atomic E-state index is 12.4. The van der Waals surface area contributed by atoms with E-state index in [1.807, 2.05) is 19.1 Å². The van der Waals surface area contributed by atoms with Crippen LogP contribution in [0.1, 0.15) is 11.3 Å². The lowest BCUT2D eigenvalue weighted by molar-refractivity contribution is -0.384. The van der Waals surface area contributed by atoms with E-state index >= 15 is 0 Å². The van der Waals surface area contributed by atoms with Crippen LogP contribution >= 0.6 is 15.9 Å². The number of carbonyl (C=O) groups is 1. The number of halogens is 1. The Hall–Kier alpha value is -3.70. The molecule has 3 aromatic rings. The molecule has 2 aromatic carbocycles. The van der Waals surface area contributed by atoms with Gasteiger partial charge in [-0.3, -0.25) is 14.9 Å². The summed E-state index contributed by atoms with van der Waals surface area (Å²) in [6.07, 6.45) is 1.32. The van der Waals surface area contributed by atoms with E-state index < -0.39 is 10.8 Å². The smallest absolute Gasteiger partial charge is 0.270 e. The van der Waals surface area contributed by atoms with E-state index in [0.29, 0.717) is 17.0 Å². The molecule has 8 heteroatoms. The summed E-state index contributed by atoms with van der Waals surface area (Å²) in [6.45, 7) is 1.81. The fourth-order valence-corrected chi connectivity index (χ4v) is 3.02. The van der Waals surface area contributed by atoms with Crippen molar-refractivity contribution in [3.63, 3.8) is 0 Å². The molecule has 1 N–H and O–H groups in total. The van der Waals surface area contributed by atoms with Gasteiger partial charge in [0.1, 0.15) is 23.2 Å². The van der Waals surface area contributed by atoms with Gasteiger partial charge in [-0.15, -0.1) is 0 Å². The summed E-state index contributed by atoms with van der Waals surface area (Å²) in [7, 11) is 0. The summed E-state index contributed by atoms with van der Waals surface area (Å²) in [5.41, 5.74) is 1.72. The molecule has 144 valence electrons. The zero-order valence-corrected chi connectivity index (χ0v) is 16.8. The summed E-state index contributed by atoms with van der Waals surface area (Å²) >= 11 is 3.32. The molecule has 7 nitrogen and oxygen atoms in total. The van der Waals surface area contributed by atoms with Gasteiger partial charge in [0.05, 0.1) is 4.92 Å². The number of hydrogen-bond donors (Lipinski definition) is 1. The molecule has 0 atom stereocenters. The fraction of sp³-hybridized carbons (Fsp3) is 0.0476. The van der Waals surface area contributed by atoms with E-state index in [-0.39, 0.29) is 17.0 Å². The number of anilines is 1. The number of nitrogens with zero attached hydrogens (tertiary/aromatic N) is 2. The average Bonchev–Trinajstić information content (AvgIpc) is 3.14. The van der Waals surface area contributed by atoms with Gasteiger partial charge in [-0.1, -0.05) is 28.1 Å². The molecule has 0 aliphatic rings. The van der Waals surface area contributed by atoms with Crippen molar-refractivity contribution in [1.82, 2.24) is 0 Å². The zero-order valence-electron chi connectivity index (χ0n) is 15.2. The maximum absolute atomic E-state index is 12.4. The van der Waals surface area contributed by atoms with E-state index in [1.54, 1.807) is 36.4 Å². The van der Waals surface area contributed by atoms with Crippen LogP contribution in [0.25, 0.3) is 17.4 Å². The minimum atomic E-state index is -0.574. The van der Waals surface area contributed by atoms with E-state index in [9.17, 15) is 20.2 Å². The Morgan fingerprint density at radius 2 is 2.03 bits per heavy atom. The van der Waals surface area contributed by atoms with Crippen molar-refractivity contribution in [2.75, 3.05) is 5.32 Å². The van der Waals surface area contributed by atoms with Crippen molar-refractivity contribution in [1.29, 1.82) is 5.26 Å². The Balaban J connectivity index is 1.86. The summed E-state index contributed by atoms with van der Waals surface area (Å²) < 4.78 is 6.49. The standard InChI is InChI=1S/C21H14BrN3O4/c1-13-5-6-17(25(27)28)11-19(13)20-8-7-18(29-20)9-14(12-23)21(26)24-16-4-2-3-15(22)10-16/h2-11H,1H3,(H,24,26)/b14-9+. The Morgan fingerprint density at radius 1 is 1.24 bits per heavy atom. The highest BCUT2D eigenvalue weighted by Crippen LogP contribution is 2.30. The van der Waals surface area contributed by atoms with E-state index in [2.05, 4.69) is 21.2 Å². The molecule has 0 saturated heterocycles. The van der Waals surface area contributed by atoms with Gasteiger partial charge in [-0.05, 0) is 42.8 Å². The lowest BCUT2D eigenvalue weighted by atomic mass is 10.1. The van der Waals surface area contributed by atoms with Crippen molar-refractivity contribution >= 4 is 39.3 Å². The zero-order chi connectivity index (χ0) is 21.0. The summed E-state index contributed by atoms with van der Waals surface area (Å²) in [4.78, 5) is 22.9. The van der Waals surface area contributed by atoms with Crippen LogP contribution in [-0.4, -0.2) is 10.8 Å². The van der Waals surface area contributed by atoms with Crippen LogP contribution in [0.2, 0.25) is 0 Å². The molecule has 0 bridgehead atoms. The Kier molecular flexibility index (Phi) is 5.90. The minimum Gasteiger partial charge on any atom is -0.457 e. The van der Waals surface area contributed by atoms with Gasteiger partial charge in [-0.2, -0.15) is 5.26 Å². The van der Waals surface area contributed by atoms with Crippen LogP contribution in [0, 0.1) is 28.4 Å². The molecule has 3 rings (SSSR count). The lowest BCUT2D eigenvalue weighted by Gasteiger charge is -2.04. The Morgan fingerprint density at radius 3 is 2.72 bits per heavy atom. The molecule has 1 aromatic heterocycles. The van der Waals surface area contributed by atoms with Crippen molar-refractivity contribution < 1.29 is 14.1 Å². The van der Waals surface area contributed by atoms with Crippen LogP contribution in [0.5, 0.6) is 0 Å². The largest absolute Gasteiger partial charge is 0.457 e. The topological polar surface area (TPSA) is 109 Å². The summed E-state index contributed by atoms with van der Waals surface area (Å²) in [5.74, 6) is 0.115. The van der Waals surface area contributed by atoms with Gasteiger partial charge in [0.15, 0.2) is 0 Å². The first kappa shape index (κ1) is 20.0. The molecule has 1 heterocycles. The van der Waals surface area contributed by atoms with Crippen LogP contribution in [-0.2, 0) is 4.79 Å². The molecule has 1 amide bonds. The van der Waals surface area contributed by atoms with E-state index in [0.717, 1.165) is 10.0 Å². The average molecular weight is 452 g/mol. The lowest BCUT2D eigenvalue weighted by Crippen LogP contribution is -2.13. The third kappa shape index (κ3) is 4.78. The number of nitro benzene ring substituents is 1. The summed E-state index contributed by atoms with van der Waals surface area (Å²) in [6, 6.07) is 16.6. The molecule has 0 aliphatic heterocycles. The van der Waals surface area contributed by atoms with Gasteiger partial charge >= 0.3 is 0 Å². The monoisotopic (exact) mass is 451 g/mol. The van der Waals surface area contributed by atoms with Crippen molar-refractivity contribution in [3.05, 3.63) is 86.1 Å². The molecule has 0 saturated carbocycles. The van der Waals surface area contributed by atoms with Crippen molar-refractivity contribution in [2.45, 2.75) is 6.92 Å². The molecular formula is C21H14BrN3O4. The molecule has 29 heavy (non-hydrogen) atoms. The molecule has 0 radical (unpaired) electrons. The third-order valence-corrected chi connectivity index (χ3v) is 4.55. The summed E-state index contributed by atoms with van der Waals surface area (Å²) in [5, 5.41) is 23.0. The number of aryl methyl sites for hydroxylation is 1. The first-order valence-corrected chi connectivity index (χ1v) is 9.20. The van der Waals surface area contributed by atoms with Crippen molar-refractivity contribution in [2.24, 2.45) is 0 Å². The highest BCUT2D eigenvalue weighted by atomic mass is 79.9. The predicted molar refractivity (Wildman–Crippen MR) is 112 cm³/mol. The maximum Gasteiger partial charge on any atom is 0.270 e. The number of amides is 1. The molecular weight excluding hydrogens is 438 g/mol. The number of nitro groups is 1. The first-order valence-electron chi connectivity index (χ1n) is 8.41. The molecule has 0 spiro atoms. The quantitative estimate of drug-likeness (QED) is 0.239. The second-order valence-electron chi connectivity index (χ2n) is 6.09. The normalized spacial score (nSPS) is 11.0. The second-order valence-corrected chi connectivity index (χ2v) is 7.01. The van der Waals surface area contributed by atoms with Crippen LogP contribution in [0.4, 0.5) is 11.4 Å².